The predicted molar refractivity (Wildman–Crippen MR) is 184 cm³/mol. The summed E-state index contributed by atoms with van der Waals surface area (Å²) in [6.45, 7) is 18.7. The van der Waals surface area contributed by atoms with Crippen molar-refractivity contribution in [1.82, 2.24) is 19.4 Å². The number of amides is 2. The molecule has 0 saturated carbocycles. The van der Waals surface area contributed by atoms with Crippen molar-refractivity contribution in [3.63, 3.8) is 0 Å². The van der Waals surface area contributed by atoms with Crippen LogP contribution in [0, 0.1) is 30.1 Å². The summed E-state index contributed by atoms with van der Waals surface area (Å²) in [6.07, 6.45) is 7.58. The molecule has 2 amide bonds. The lowest BCUT2D eigenvalue weighted by Crippen LogP contribution is -2.51. The van der Waals surface area contributed by atoms with Gasteiger partial charge < -0.3 is 14.8 Å². The van der Waals surface area contributed by atoms with Gasteiger partial charge >= 0.3 is 6.03 Å². The summed E-state index contributed by atoms with van der Waals surface area (Å²) in [5.41, 5.74) is 5.12. The van der Waals surface area contributed by atoms with Crippen LogP contribution in [0.15, 0.2) is 78.2 Å². The number of carbonyl (C=O) groups excluding carboxylic acids is 1. The number of allylic oxidation sites excluding steroid dienone is 2. The highest BCUT2D eigenvalue weighted by Crippen LogP contribution is 2.36. The van der Waals surface area contributed by atoms with Crippen molar-refractivity contribution < 1.29 is 4.79 Å². The van der Waals surface area contributed by atoms with E-state index in [1.165, 1.54) is 0 Å². The van der Waals surface area contributed by atoms with E-state index in [1.54, 1.807) is 30.5 Å². The van der Waals surface area contributed by atoms with Gasteiger partial charge in [-0.1, -0.05) is 37.2 Å². The Morgan fingerprint density at radius 1 is 1.18 bits per heavy atom. The average Bonchev–Trinajstić information content (AvgIpc) is 3.46. The van der Waals surface area contributed by atoms with Crippen molar-refractivity contribution in [1.29, 1.82) is 10.5 Å². The van der Waals surface area contributed by atoms with Crippen LogP contribution in [0.5, 0.6) is 0 Å². The Bertz CT molecular complexity index is 1530. The van der Waals surface area contributed by atoms with Gasteiger partial charge in [-0.3, -0.25) is 9.89 Å². The van der Waals surface area contributed by atoms with E-state index in [2.05, 4.69) is 45.1 Å². The summed E-state index contributed by atoms with van der Waals surface area (Å²) >= 11 is 11.5. The van der Waals surface area contributed by atoms with E-state index in [0.29, 0.717) is 49.0 Å². The van der Waals surface area contributed by atoms with Gasteiger partial charge in [-0.05, 0) is 73.9 Å². The molecule has 11 heteroatoms. The number of nitrogens with zero attached hydrogens (tertiary/aromatic N) is 7. The van der Waals surface area contributed by atoms with Crippen molar-refractivity contribution in [2.45, 2.75) is 40.3 Å². The first kappa shape index (κ1) is 36.8. The number of nitriles is 2. The maximum Gasteiger partial charge on any atom is 0.321 e. The largest absolute Gasteiger partial charge is 0.331 e. The Labute approximate surface area is 276 Å². The Hall–Kier alpha value is -4.41. The number of anilines is 1. The van der Waals surface area contributed by atoms with Gasteiger partial charge in [0.25, 0.3) is 0 Å². The van der Waals surface area contributed by atoms with Crippen molar-refractivity contribution in [2.75, 3.05) is 37.4 Å². The topological polar surface area (TPSA) is 113 Å². The molecule has 0 bridgehead atoms. The normalized spacial score (nSPS) is 13.9. The molecular formula is C34H40Cl2N8O. The van der Waals surface area contributed by atoms with Crippen LogP contribution >= 0.6 is 23.2 Å². The zero-order valence-electron chi connectivity index (χ0n) is 26.2. The van der Waals surface area contributed by atoms with Gasteiger partial charge in [-0.25, -0.2) is 15.0 Å². The zero-order chi connectivity index (χ0) is 33.4. The quantitative estimate of drug-likeness (QED) is 0.199. The lowest BCUT2D eigenvalue weighted by molar-refractivity contribution is 0.124. The number of rotatable bonds is 8. The molecule has 1 N–H and O–H groups in total. The van der Waals surface area contributed by atoms with E-state index >= 15 is 0 Å². The molecular weight excluding hydrogens is 607 g/mol. The number of hydrogen-bond donors (Lipinski definition) is 1. The second-order valence-corrected chi connectivity index (χ2v) is 10.8. The van der Waals surface area contributed by atoms with Gasteiger partial charge in [0.15, 0.2) is 0 Å². The standard InChI is InChI=1S/C31H34ClN7O.C2H5Cl.CHN/c1-5-29(34-6-2)30(27-12-9-25(32)19-28(27)22(3)21-39-14-13-35-23(39)4)37-15-17-38(18-16-37)31(40)36-26-10-7-24(20-33)8-11-26;1-2-3;1-2/h5-14,19,30H,3,15-18,21H2,1-2,4H3,(H,36,40);2H2,1H3;1H/b29-5-,34-6?;;. The molecule has 1 unspecified atom stereocenters. The first-order valence-corrected chi connectivity index (χ1v) is 15.4. The number of aliphatic imine (C=N–C) groups is 1. The van der Waals surface area contributed by atoms with E-state index in [4.69, 9.17) is 38.7 Å². The molecule has 1 saturated heterocycles. The van der Waals surface area contributed by atoms with Crippen molar-refractivity contribution in [3.8, 4) is 12.6 Å². The lowest BCUT2D eigenvalue weighted by Gasteiger charge is -2.40. The smallest absolute Gasteiger partial charge is 0.321 e. The molecule has 45 heavy (non-hydrogen) atoms. The zero-order valence-corrected chi connectivity index (χ0v) is 27.8. The summed E-state index contributed by atoms with van der Waals surface area (Å²) in [5.74, 6) is 1.64. The number of benzene rings is 2. The van der Waals surface area contributed by atoms with Crippen LogP contribution in [-0.4, -0.2) is 63.7 Å². The number of nitrogens with one attached hydrogen (secondary N) is 1. The van der Waals surface area contributed by atoms with Crippen LogP contribution in [0.25, 0.3) is 5.57 Å². The number of imidazole rings is 1. The summed E-state index contributed by atoms with van der Waals surface area (Å²) in [4.78, 5) is 26.2. The molecule has 0 aliphatic carbocycles. The third kappa shape index (κ3) is 10.3. The van der Waals surface area contributed by atoms with E-state index in [-0.39, 0.29) is 12.1 Å². The molecule has 1 aliphatic rings. The minimum Gasteiger partial charge on any atom is -0.331 e. The monoisotopic (exact) mass is 646 g/mol. The lowest BCUT2D eigenvalue weighted by atomic mass is 9.92. The number of piperazine rings is 1. The minimum absolute atomic E-state index is 0.141. The SMILES string of the molecule is C#N.C=C(Cn1ccnc1C)c1cc(Cl)ccc1C(/C(=C/C)N=CC)N1CCN(C(=O)Nc2ccc(C#N)cc2)CC1.CCCl. The molecule has 0 spiro atoms. The maximum absolute atomic E-state index is 13.0. The number of aromatic nitrogens is 2. The van der Waals surface area contributed by atoms with Gasteiger partial charge in [0, 0.05) is 74.5 Å². The molecule has 1 fully saturated rings. The molecule has 2 heterocycles. The number of carbonyl (C=O) groups is 1. The highest BCUT2D eigenvalue weighted by molar-refractivity contribution is 6.30. The second kappa shape index (κ2) is 19.1. The first-order valence-electron chi connectivity index (χ1n) is 14.5. The molecule has 1 atom stereocenters. The predicted octanol–water partition coefficient (Wildman–Crippen LogP) is 7.70. The fraction of sp³-hybridized carbons (Fsp3) is 0.324. The Morgan fingerprint density at radius 2 is 1.82 bits per heavy atom. The van der Waals surface area contributed by atoms with Crippen LogP contribution < -0.4 is 5.32 Å². The summed E-state index contributed by atoms with van der Waals surface area (Å²) in [5, 5.41) is 19.1. The maximum atomic E-state index is 13.0. The second-order valence-electron chi connectivity index (χ2n) is 9.85. The van der Waals surface area contributed by atoms with Crippen molar-refractivity contribution >= 4 is 46.7 Å². The molecule has 236 valence electrons. The number of halogens is 2. The first-order chi connectivity index (χ1) is 21.8. The molecule has 4 rings (SSSR count). The van der Waals surface area contributed by atoms with Gasteiger partial charge in [0.1, 0.15) is 5.82 Å². The molecule has 1 aromatic heterocycles. The van der Waals surface area contributed by atoms with Crippen LogP contribution in [-0.2, 0) is 6.54 Å². The molecule has 0 radical (unpaired) electrons. The van der Waals surface area contributed by atoms with Crippen LogP contribution in [0.2, 0.25) is 5.02 Å². The fourth-order valence-electron chi connectivity index (χ4n) is 4.94. The van der Waals surface area contributed by atoms with E-state index < -0.39 is 0 Å². The molecule has 9 nitrogen and oxygen atoms in total. The molecule has 1 aliphatic heterocycles. The molecule has 2 aromatic carbocycles. The number of urea groups is 1. The minimum atomic E-state index is -0.157. The average molecular weight is 648 g/mol. The van der Waals surface area contributed by atoms with E-state index in [0.717, 1.165) is 34.1 Å². The van der Waals surface area contributed by atoms with Crippen molar-refractivity contribution in [2.24, 2.45) is 4.99 Å². The van der Waals surface area contributed by atoms with Gasteiger partial charge in [0.05, 0.1) is 23.4 Å². The fourth-order valence-corrected chi connectivity index (χ4v) is 5.12. The number of alkyl halides is 1. The summed E-state index contributed by atoms with van der Waals surface area (Å²) in [7, 11) is 0. The van der Waals surface area contributed by atoms with Crippen molar-refractivity contribution in [3.05, 3.63) is 101 Å². The summed E-state index contributed by atoms with van der Waals surface area (Å²) in [6, 6.07) is 14.6. The number of aryl methyl sites for hydroxylation is 1. The van der Waals surface area contributed by atoms with Gasteiger partial charge in [-0.2, -0.15) is 5.26 Å². The van der Waals surface area contributed by atoms with Gasteiger partial charge in [0.2, 0.25) is 0 Å². The highest BCUT2D eigenvalue weighted by Gasteiger charge is 2.31. The van der Waals surface area contributed by atoms with Crippen LogP contribution in [0.1, 0.15) is 49.3 Å². The third-order valence-corrected chi connectivity index (χ3v) is 7.30. The third-order valence-electron chi connectivity index (χ3n) is 7.06. The van der Waals surface area contributed by atoms with Crippen LogP contribution in [0.4, 0.5) is 10.5 Å². The Morgan fingerprint density at radius 3 is 2.36 bits per heavy atom. The van der Waals surface area contributed by atoms with Gasteiger partial charge in [-0.15, -0.1) is 11.6 Å². The van der Waals surface area contributed by atoms with E-state index in [9.17, 15) is 4.79 Å². The van der Waals surface area contributed by atoms with E-state index in [1.807, 2.05) is 63.2 Å². The molecule has 3 aromatic rings. The Balaban J connectivity index is 0.00000133. The highest BCUT2D eigenvalue weighted by atomic mass is 35.5. The number of hydrogen-bond acceptors (Lipinski definition) is 6. The van der Waals surface area contributed by atoms with Crippen LogP contribution in [0.3, 0.4) is 0 Å². The summed E-state index contributed by atoms with van der Waals surface area (Å²) < 4.78 is 2.06. The Kier molecular flexibility index (Phi) is 15.6.